The lowest BCUT2D eigenvalue weighted by atomic mass is 9.61. The first-order valence-electron chi connectivity index (χ1n) is 16.1. The Bertz CT molecular complexity index is 1180. The van der Waals surface area contributed by atoms with Crippen LogP contribution in [0, 0.1) is 29.1 Å². The van der Waals surface area contributed by atoms with Crippen LogP contribution in [0.2, 0.25) is 78.6 Å². The monoisotopic (exact) mass is 668 g/mol. The molecular weight excluding hydrogens is 613 g/mol. The predicted molar refractivity (Wildman–Crippen MR) is 177 cm³/mol. The van der Waals surface area contributed by atoms with Gasteiger partial charge in [0.25, 0.3) is 0 Å². The molecule has 0 aromatic heterocycles. The maximum atomic E-state index is 14.8. The second-order valence-corrected chi connectivity index (χ2v) is 35.7. The van der Waals surface area contributed by atoms with Crippen LogP contribution in [-0.2, 0) is 36.8 Å². The van der Waals surface area contributed by atoms with Crippen molar-refractivity contribution in [1.29, 1.82) is 0 Å². The van der Waals surface area contributed by atoms with Crippen molar-refractivity contribution in [3.8, 4) is 0 Å². The van der Waals surface area contributed by atoms with E-state index in [1.807, 2.05) is 0 Å². The van der Waals surface area contributed by atoms with Crippen LogP contribution in [-0.4, -0.2) is 81.8 Å². The Balaban J connectivity index is 1.83. The van der Waals surface area contributed by atoms with E-state index in [0.717, 1.165) is 12.8 Å². The molecule has 0 aromatic carbocycles. The highest BCUT2D eigenvalue weighted by molar-refractivity contribution is 6.71. The lowest BCUT2D eigenvalue weighted by Gasteiger charge is -2.54. The van der Waals surface area contributed by atoms with Gasteiger partial charge in [0.05, 0.1) is 31.2 Å². The zero-order valence-electron chi connectivity index (χ0n) is 28.8. The smallest absolute Gasteiger partial charge is 0.341 e. The molecule has 0 N–H and O–H groups in total. The van der Waals surface area contributed by atoms with Crippen LogP contribution in [0.15, 0.2) is 12.2 Å². The van der Waals surface area contributed by atoms with Crippen molar-refractivity contribution in [2.75, 3.05) is 7.11 Å². The summed E-state index contributed by atoms with van der Waals surface area (Å²) in [5.74, 6) is -1.82. The number of carbonyl (C=O) groups is 2. The van der Waals surface area contributed by atoms with Crippen molar-refractivity contribution in [1.82, 2.24) is 0 Å². The Morgan fingerprint density at radius 3 is 1.88 bits per heavy atom. The molecule has 10 atom stereocenters. The number of fused-ring (bicyclic) bond motifs is 1. The summed E-state index contributed by atoms with van der Waals surface area (Å²) in [6.45, 7) is 30.4. The lowest BCUT2D eigenvalue weighted by Crippen LogP contribution is -2.71. The van der Waals surface area contributed by atoms with Crippen LogP contribution in [0.3, 0.4) is 0 Å². The van der Waals surface area contributed by atoms with Crippen LogP contribution in [0.4, 0.5) is 0 Å². The zero-order chi connectivity index (χ0) is 32.3. The summed E-state index contributed by atoms with van der Waals surface area (Å²) >= 11 is 0. The molecule has 8 nitrogen and oxygen atoms in total. The van der Waals surface area contributed by atoms with E-state index in [9.17, 15) is 9.59 Å². The number of allylic oxidation sites excluding steroid dienone is 1. The Hall–Kier alpha value is -0.612. The summed E-state index contributed by atoms with van der Waals surface area (Å²) in [5, 5.41) is 0. The summed E-state index contributed by atoms with van der Waals surface area (Å²) in [6.07, 6.45) is 1.53. The third kappa shape index (κ3) is 5.47. The Labute approximate surface area is 263 Å². The van der Waals surface area contributed by atoms with E-state index < -0.39 is 79.9 Å². The quantitative estimate of drug-likeness (QED) is 0.160. The SMILES string of the molecule is C=C1C[C@]23CC1C[C@H](O[Si](C)(C)C)[C@H]2[C@@]12C[C@H](O[Si](C)(C)C)[C@H](O[Si](C)(C)C)C(O[Si](C)(C)C)(C(=O)O1)[C@H]2[C@@H]3C(=O)OC. The summed E-state index contributed by atoms with van der Waals surface area (Å²) in [4.78, 5) is 29.1. The molecule has 0 aromatic rings. The normalized spacial score (nSPS) is 42.5. The highest BCUT2D eigenvalue weighted by atomic mass is 28.4. The second-order valence-electron chi connectivity index (χ2n) is 17.9. The van der Waals surface area contributed by atoms with Crippen LogP contribution in [0.25, 0.3) is 0 Å². The molecule has 1 heterocycles. The number of methoxy groups -OCH3 is 1. The molecule has 5 fully saturated rings. The lowest BCUT2D eigenvalue weighted by molar-refractivity contribution is -0.180. The number of ether oxygens (including phenoxy) is 2. The van der Waals surface area contributed by atoms with Gasteiger partial charge in [0, 0.05) is 12.3 Å². The Kier molecular flexibility index (Phi) is 8.00. The molecule has 5 rings (SSSR count). The van der Waals surface area contributed by atoms with E-state index in [-0.39, 0.29) is 23.9 Å². The molecule has 4 bridgehead atoms. The average Bonchev–Trinajstić information content (AvgIpc) is 3.25. The Morgan fingerprint density at radius 2 is 1.37 bits per heavy atom. The molecule has 1 aliphatic heterocycles. The van der Waals surface area contributed by atoms with Crippen molar-refractivity contribution < 1.29 is 36.8 Å². The van der Waals surface area contributed by atoms with E-state index in [4.69, 9.17) is 27.2 Å². The maximum absolute atomic E-state index is 14.8. The van der Waals surface area contributed by atoms with Gasteiger partial charge in [-0.25, -0.2) is 4.79 Å². The molecule has 0 amide bonds. The standard InChI is InChI=1S/C31H56O8Si4/c1-19-16-29-17-20(19)15-21(36-40(3,4)5)24(29)30-18-22(37-41(6,7)8)26(38-42(9,10)11)31(28(33)35-30,39-43(12,13)14)25(30)23(29)27(32)34-2/h20-26H,1,15-18H2,2-14H3/t20?,21-,22-,23+,24+,25-,26-,29+,30+,31?/m0/s1. The molecule has 43 heavy (non-hydrogen) atoms. The summed E-state index contributed by atoms with van der Waals surface area (Å²) < 4.78 is 40.9. The third-order valence-corrected chi connectivity index (χ3v) is 14.0. The molecule has 4 saturated carbocycles. The van der Waals surface area contributed by atoms with Crippen molar-refractivity contribution in [2.45, 2.75) is 134 Å². The highest BCUT2D eigenvalue weighted by Gasteiger charge is 2.88. The van der Waals surface area contributed by atoms with E-state index in [1.165, 1.54) is 12.7 Å². The molecule has 2 unspecified atom stereocenters. The fourth-order valence-electron chi connectivity index (χ4n) is 9.80. The minimum atomic E-state index is -2.44. The molecule has 0 radical (unpaired) electrons. The summed E-state index contributed by atoms with van der Waals surface area (Å²) in [6, 6.07) is 0. The van der Waals surface area contributed by atoms with Gasteiger partial charge >= 0.3 is 11.9 Å². The van der Waals surface area contributed by atoms with Crippen molar-refractivity contribution >= 4 is 45.2 Å². The van der Waals surface area contributed by atoms with E-state index in [2.05, 4.69) is 85.1 Å². The first kappa shape index (κ1) is 33.7. The minimum Gasteiger partial charge on any atom is -0.469 e. The molecule has 244 valence electrons. The number of rotatable bonds is 9. The van der Waals surface area contributed by atoms with Crippen LogP contribution < -0.4 is 0 Å². The van der Waals surface area contributed by atoms with Gasteiger partial charge in [-0.3, -0.25) is 4.79 Å². The van der Waals surface area contributed by atoms with Gasteiger partial charge in [0.1, 0.15) is 11.7 Å². The van der Waals surface area contributed by atoms with Crippen LogP contribution in [0.1, 0.15) is 25.7 Å². The molecule has 1 spiro atoms. The maximum Gasteiger partial charge on any atom is 0.341 e. The highest BCUT2D eigenvalue weighted by Crippen LogP contribution is 2.78. The molecule has 1 saturated heterocycles. The fourth-order valence-corrected chi connectivity index (χ4v) is 14.5. The van der Waals surface area contributed by atoms with Gasteiger partial charge in [-0.05, 0) is 109 Å². The molecule has 5 aliphatic rings. The fraction of sp³-hybridized carbons (Fsp3) is 0.871. The molecule has 4 aliphatic carbocycles. The first-order chi connectivity index (χ1) is 19.4. The zero-order valence-corrected chi connectivity index (χ0v) is 32.8. The third-order valence-electron chi connectivity index (χ3n) is 10.0. The van der Waals surface area contributed by atoms with Gasteiger partial charge in [0.2, 0.25) is 0 Å². The van der Waals surface area contributed by atoms with E-state index >= 15 is 0 Å². The van der Waals surface area contributed by atoms with Gasteiger partial charge in [-0.1, -0.05) is 12.2 Å². The minimum absolute atomic E-state index is 0.167. The number of carbonyl (C=O) groups excluding carboxylic acids is 2. The van der Waals surface area contributed by atoms with Crippen molar-refractivity contribution in [3.05, 3.63) is 12.2 Å². The van der Waals surface area contributed by atoms with Crippen molar-refractivity contribution in [3.63, 3.8) is 0 Å². The number of esters is 2. The van der Waals surface area contributed by atoms with E-state index in [0.29, 0.717) is 12.8 Å². The van der Waals surface area contributed by atoms with Gasteiger partial charge in [-0.2, -0.15) is 0 Å². The van der Waals surface area contributed by atoms with Gasteiger partial charge in [0.15, 0.2) is 38.9 Å². The van der Waals surface area contributed by atoms with E-state index in [1.54, 1.807) is 0 Å². The number of hydrogen-bond acceptors (Lipinski definition) is 8. The van der Waals surface area contributed by atoms with Gasteiger partial charge in [-0.15, -0.1) is 0 Å². The first-order valence-corrected chi connectivity index (χ1v) is 29.7. The average molecular weight is 669 g/mol. The van der Waals surface area contributed by atoms with Crippen LogP contribution >= 0.6 is 0 Å². The van der Waals surface area contributed by atoms with Crippen LogP contribution in [0.5, 0.6) is 0 Å². The predicted octanol–water partition coefficient (Wildman–Crippen LogP) is 6.33. The molecular formula is C31H56O8Si4. The second kappa shape index (κ2) is 10.2. The summed E-state index contributed by atoms with van der Waals surface area (Å²) in [5.41, 5.74) is -1.82. The largest absolute Gasteiger partial charge is 0.469 e. The number of hydrogen-bond donors (Lipinski definition) is 0. The summed E-state index contributed by atoms with van der Waals surface area (Å²) in [7, 11) is -7.40. The Morgan fingerprint density at radius 1 is 0.814 bits per heavy atom. The topological polar surface area (TPSA) is 89.5 Å². The van der Waals surface area contributed by atoms with Crippen molar-refractivity contribution in [2.24, 2.45) is 29.1 Å². The molecule has 12 heteroatoms. The van der Waals surface area contributed by atoms with Gasteiger partial charge < -0.3 is 27.2 Å².